The van der Waals surface area contributed by atoms with Gasteiger partial charge >= 0.3 is 5.97 Å². The third kappa shape index (κ3) is 4.70. The van der Waals surface area contributed by atoms with E-state index in [1.54, 1.807) is 38.5 Å². The van der Waals surface area contributed by atoms with Crippen molar-refractivity contribution >= 4 is 11.9 Å². The van der Waals surface area contributed by atoms with E-state index in [0.29, 0.717) is 22.6 Å². The Bertz CT molecular complexity index is 862. The zero-order chi connectivity index (χ0) is 20.8. The molecular formula is C23H27NO5. The van der Waals surface area contributed by atoms with Crippen LogP contribution in [-0.2, 0) is 4.74 Å². The minimum absolute atomic E-state index is 0.0367. The fraction of sp³-hybridized carbons (Fsp3) is 0.391. The monoisotopic (exact) mass is 397 g/mol. The van der Waals surface area contributed by atoms with E-state index in [4.69, 9.17) is 14.2 Å². The molecule has 2 aromatic carbocycles. The second-order valence-corrected chi connectivity index (χ2v) is 7.15. The molecule has 0 radical (unpaired) electrons. The number of benzene rings is 2. The SMILES string of the molecule is COC(=O)c1ccc(C(=O)N[C@@H]2CCCC[C@H]2c2ccc(OC)c(OC)c2)cc1. The second-order valence-electron chi connectivity index (χ2n) is 7.15. The minimum atomic E-state index is -0.419. The molecule has 1 saturated carbocycles. The van der Waals surface area contributed by atoms with Crippen molar-refractivity contribution < 1.29 is 23.8 Å². The number of carbonyl (C=O) groups is 2. The first-order chi connectivity index (χ1) is 14.1. The fourth-order valence-corrected chi connectivity index (χ4v) is 3.91. The second kappa shape index (κ2) is 9.45. The summed E-state index contributed by atoms with van der Waals surface area (Å²) in [6.07, 6.45) is 4.13. The van der Waals surface area contributed by atoms with Gasteiger partial charge in [0.2, 0.25) is 0 Å². The summed E-state index contributed by atoms with van der Waals surface area (Å²) < 4.78 is 15.5. The number of hydrogen-bond donors (Lipinski definition) is 1. The van der Waals surface area contributed by atoms with Crippen LogP contribution in [0.3, 0.4) is 0 Å². The van der Waals surface area contributed by atoms with Crippen molar-refractivity contribution in [3.05, 3.63) is 59.2 Å². The molecule has 1 amide bonds. The van der Waals surface area contributed by atoms with Gasteiger partial charge < -0.3 is 19.5 Å². The predicted octanol–water partition coefficient (Wildman–Crippen LogP) is 3.95. The first-order valence-electron chi connectivity index (χ1n) is 9.78. The molecule has 0 aliphatic heterocycles. The van der Waals surface area contributed by atoms with Crippen molar-refractivity contribution in [2.45, 2.75) is 37.6 Å². The molecule has 154 valence electrons. The molecule has 29 heavy (non-hydrogen) atoms. The summed E-state index contributed by atoms with van der Waals surface area (Å²) in [5.41, 5.74) is 2.08. The molecule has 6 nitrogen and oxygen atoms in total. The highest BCUT2D eigenvalue weighted by Gasteiger charge is 2.29. The molecule has 0 bridgehead atoms. The Morgan fingerprint density at radius 2 is 1.52 bits per heavy atom. The van der Waals surface area contributed by atoms with E-state index in [0.717, 1.165) is 31.2 Å². The van der Waals surface area contributed by atoms with Gasteiger partial charge in [-0.1, -0.05) is 18.9 Å². The minimum Gasteiger partial charge on any atom is -0.493 e. The van der Waals surface area contributed by atoms with Crippen molar-refractivity contribution in [1.82, 2.24) is 5.32 Å². The predicted molar refractivity (Wildman–Crippen MR) is 110 cm³/mol. The van der Waals surface area contributed by atoms with Crippen molar-refractivity contribution in [3.63, 3.8) is 0 Å². The van der Waals surface area contributed by atoms with E-state index in [9.17, 15) is 9.59 Å². The van der Waals surface area contributed by atoms with Crippen LogP contribution < -0.4 is 14.8 Å². The van der Waals surface area contributed by atoms with Crippen molar-refractivity contribution in [2.75, 3.05) is 21.3 Å². The summed E-state index contributed by atoms with van der Waals surface area (Å²) in [5, 5.41) is 3.19. The standard InChI is InChI=1S/C23H27NO5/c1-27-20-13-12-17(14-21(20)28-2)18-6-4-5-7-19(18)24-22(25)15-8-10-16(11-9-15)23(26)29-3/h8-14,18-19H,4-7H2,1-3H3,(H,24,25)/t18-,19+/m0/s1. The molecule has 0 unspecified atom stereocenters. The highest BCUT2D eigenvalue weighted by Crippen LogP contribution is 2.37. The molecule has 1 aliphatic carbocycles. The van der Waals surface area contributed by atoms with E-state index in [2.05, 4.69) is 5.32 Å². The van der Waals surface area contributed by atoms with Crippen molar-refractivity contribution in [2.24, 2.45) is 0 Å². The van der Waals surface area contributed by atoms with E-state index < -0.39 is 5.97 Å². The van der Waals surface area contributed by atoms with Crippen LogP contribution in [-0.4, -0.2) is 39.2 Å². The van der Waals surface area contributed by atoms with E-state index in [1.165, 1.54) is 7.11 Å². The number of esters is 1. The number of methoxy groups -OCH3 is 3. The number of nitrogens with one attached hydrogen (secondary N) is 1. The summed E-state index contributed by atoms with van der Waals surface area (Å²) >= 11 is 0. The first kappa shape index (κ1) is 20.7. The smallest absolute Gasteiger partial charge is 0.337 e. The zero-order valence-corrected chi connectivity index (χ0v) is 17.1. The summed E-state index contributed by atoms with van der Waals surface area (Å²) in [4.78, 5) is 24.4. The van der Waals surface area contributed by atoms with Gasteiger partial charge in [0.25, 0.3) is 5.91 Å². The summed E-state index contributed by atoms with van der Waals surface area (Å²) in [6.45, 7) is 0. The normalized spacial score (nSPS) is 18.6. The van der Waals surface area contributed by atoms with Crippen LogP contribution in [0.2, 0.25) is 0 Å². The third-order valence-corrected chi connectivity index (χ3v) is 5.49. The molecule has 0 heterocycles. The van der Waals surface area contributed by atoms with Crippen LogP contribution in [0.25, 0.3) is 0 Å². The van der Waals surface area contributed by atoms with Crippen LogP contribution in [0.1, 0.15) is 57.9 Å². The molecule has 0 aromatic heterocycles. The van der Waals surface area contributed by atoms with Crippen LogP contribution in [0.4, 0.5) is 0 Å². The average Bonchev–Trinajstić information content (AvgIpc) is 2.78. The molecule has 2 aromatic rings. The molecule has 6 heteroatoms. The quantitative estimate of drug-likeness (QED) is 0.747. The summed E-state index contributed by atoms with van der Waals surface area (Å²) in [7, 11) is 4.58. The Morgan fingerprint density at radius 3 is 2.17 bits per heavy atom. The lowest BCUT2D eigenvalue weighted by Gasteiger charge is -2.33. The first-order valence-corrected chi connectivity index (χ1v) is 9.78. The molecule has 1 N–H and O–H groups in total. The van der Waals surface area contributed by atoms with Gasteiger partial charge in [-0.3, -0.25) is 4.79 Å². The Hall–Kier alpha value is -3.02. The van der Waals surface area contributed by atoms with Crippen LogP contribution in [0, 0.1) is 0 Å². The number of ether oxygens (including phenoxy) is 3. The number of hydrogen-bond acceptors (Lipinski definition) is 5. The summed E-state index contributed by atoms with van der Waals surface area (Å²) in [6, 6.07) is 12.5. The molecule has 0 saturated heterocycles. The fourth-order valence-electron chi connectivity index (χ4n) is 3.91. The molecule has 1 fully saturated rings. The van der Waals surface area contributed by atoms with E-state index in [1.807, 2.05) is 18.2 Å². The maximum atomic E-state index is 12.8. The molecule has 3 rings (SSSR count). The van der Waals surface area contributed by atoms with Crippen molar-refractivity contribution in [3.8, 4) is 11.5 Å². The lowest BCUT2D eigenvalue weighted by Crippen LogP contribution is -2.41. The molecule has 2 atom stereocenters. The van der Waals surface area contributed by atoms with Gasteiger partial charge in [-0.15, -0.1) is 0 Å². The van der Waals surface area contributed by atoms with Gasteiger partial charge in [-0.25, -0.2) is 4.79 Å². The third-order valence-electron chi connectivity index (χ3n) is 5.49. The van der Waals surface area contributed by atoms with Gasteiger partial charge in [0, 0.05) is 17.5 Å². The molecular weight excluding hydrogens is 370 g/mol. The molecule has 0 spiro atoms. The van der Waals surface area contributed by atoms with Gasteiger partial charge in [-0.2, -0.15) is 0 Å². The van der Waals surface area contributed by atoms with Crippen LogP contribution in [0.15, 0.2) is 42.5 Å². The topological polar surface area (TPSA) is 73.9 Å². The molecule has 1 aliphatic rings. The largest absolute Gasteiger partial charge is 0.493 e. The maximum Gasteiger partial charge on any atom is 0.337 e. The maximum absolute atomic E-state index is 12.8. The van der Waals surface area contributed by atoms with E-state index in [-0.39, 0.29) is 17.9 Å². The van der Waals surface area contributed by atoms with Gasteiger partial charge in [0.15, 0.2) is 11.5 Å². The highest BCUT2D eigenvalue weighted by atomic mass is 16.5. The number of rotatable bonds is 6. The van der Waals surface area contributed by atoms with Gasteiger partial charge in [0.05, 0.1) is 26.9 Å². The summed E-state index contributed by atoms with van der Waals surface area (Å²) in [5.74, 6) is 1.04. The average molecular weight is 397 g/mol. The van der Waals surface area contributed by atoms with Crippen LogP contribution in [0.5, 0.6) is 11.5 Å². The van der Waals surface area contributed by atoms with Crippen molar-refractivity contribution in [1.29, 1.82) is 0 Å². The van der Waals surface area contributed by atoms with Crippen LogP contribution >= 0.6 is 0 Å². The number of amides is 1. The lowest BCUT2D eigenvalue weighted by molar-refractivity contribution is 0.0600. The Balaban J connectivity index is 1.76. The van der Waals surface area contributed by atoms with Gasteiger partial charge in [0.1, 0.15) is 0 Å². The Morgan fingerprint density at radius 1 is 0.862 bits per heavy atom. The van der Waals surface area contributed by atoms with Gasteiger partial charge in [-0.05, 0) is 54.8 Å². The Labute approximate surface area is 171 Å². The van der Waals surface area contributed by atoms with E-state index >= 15 is 0 Å². The lowest BCUT2D eigenvalue weighted by atomic mass is 9.79. The highest BCUT2D eigenvalue weighted by molar-refractivity contribution is 5.96. The Kier molecular flexibility index (Phi) is 6.75. The zero-order valence-electron chi connectivity index (χ0n) is 17.1. The number of carbonyl (C=O) groups excluding carboxylic acids is 2.